The standard InChI is InChI=1S/C21H27N3/c1-5-6-18(22-17-8-7-13(2)9-14(17)3)20-16-10-15-11-21(15,4)12-19(16)23-24-20/h7-9,15H,5-6,10-12H2,1-4H3,(H,23,24)/b22-18+/t15-,21-/m1/s1. The molecule has 1 N–H and O–H groups in total. The third-order valence-electron chi connectivity index (χ3n) is 5.89. The van der Waals surface area contributed by atoms with Crippen LogP contribution < -0.4 is 0 Å². The molecule has 2 aliphatic carbocycles. The van der Waals surface area contributed by atoms with Crippen LogP contribution in [0.3, 0.4) is 0 Å². The van der Waals surface area contributed by atoms with Crippen molar-refractivity contribution in [2.75, 3.05) is 0 Å². The van der Waals surface area contributed by atoms with Gasteiger partial charge in [0.2, 0.25) is 0 Å². The maximum absolute atomic E-state index is 5.03. The van der Waals surface area contributed by atoms with Gasteiger partial charge in [-0.2, -0.15) is 5.10 Å². The molecule has 2 atom stereocenters. The van der Waals surface area contributed by atoms with Crippen molar-refractivity contribution >= 4 is 11.4 Å². The minimum absolute atomic E-state index is 0.534. The van der Waals surface area contributed by atoms with E-state index >= 15 is 0 Å². The lowest BCUT2D eigenvalue weighted by molar-refractivity contribution is 0.466. The Labute approximate surface area is 144 Å². The van der Waals surface area contributed by atoms with Gasteiger partial charge in [-0.25, -0.2) is 0 Å². The number of fused-ring (bicyclic) bond motifs is 2. The van der Waals surface area contributed by atoms with E-state index in [0.29, 0.717) is 5.41 Å². The molecule has 1 aromatic carbocycles. The topological polar surface area (TPSA) is 41.0 Å². The van der Waals surface area contributed by atoms with Gasteiger partial charge in [-0.05, 0) is 62.5 Å². The molecule has 0 aliphatic heterocycles. The third-order valence-corrected chi connectivity index (χ3v) is 5.89. The third kappa shape index (κ3) is 2.60. The molecule has 24 heavy (non-hydrogen) atoms. The van der Waals surface area contributed by atoms with Crippen LogP contribution in [0.4, 0.5) is 5.69 Å². The largest absolute Gasteiger partial charge is 0.282 e. The number of benzene rings is 1. The van der Waals surface area contributed by atoms with E-state index in [9.17, 15) is 0 Å². The van der Waals surface area contributed by atoms with E-state index in [1.165, 1.54) is 35.2 Å². The molecule has 1 fully saturated rings. The highest BCUT2D eigenvalue weighted by molar-refractivity contribution is 6.02. The Morgan fingerprint density at radius 1 is 1.38 bits per heavy atom. The second-order valence-corrected chi connectivity index (χ2v) is 8.06. The summed E-state index contributed by atoms with van der Waals surface area (Å²) in [6, 6.07) is 6.49. The summed E-state index contributed by atoms with van der Waals surface area (Å²) in [6.07, 6.45) is 5.77. The van der Waals surface area contributed by atoms with E-state index in [4.69, 9.17) is 10.1 Å². The maximum Gasteiger partial charge on any atom is 0.110 e. The Bertz CT molecular complexity index is 814. The van der Waals surface area contributed by atoms with E-state index < -0.39 is 0 Å². The Morgan fingerprint density at radius 2 is 2.21 bits per heavy atom. The first kappa shape index (κ1) is 15.6. The van der Waals surface area contributed by atoms with Crippen molar-refractivity contribution < 1.29 is 0 Å². The van der Waals surface area contributed by atoms with Crippen LogP contribution in [0.1, 0.15) is 61.2 Å². The van der Waals surface area contributed by atoms with Crippen LogP contribution in [0.25, 0.3) is 0 Å². The van der Waals surface area contributed by atoms with Crippen molar-refractivity contribution in [1.29, 1.82) is 0 Å². The van der Waals surface area contributed by atoms with Crippen molar-refractivity contribution in [2.24, 2.45) is 16.3 Å². The highest BCUT2D eigenvalue weighted by Crippen LogP contribution is 2.59. The molecule has 0 amide bonds. The highest BCUT2D eigenvalue weighted by atomic mass is 15.1. The van der Waals surface area contributed by atoms with Crippen molar-refractivity contribution in [3.05, 3.63) is 46.3 Å². The zero-order valence-electron chi connectivity index (χ0n) is 15.2. The number of aliphatic imine (C=N–C) groups is 1. The zero-order chi connectivity index (χ0) is 16.9. The number of hydrogen-bond acceptors (Lipinski definition) is 2. The minimum Gasteiger partial charge on any atom is -0.282 e. The first-order chi connectivity index (χ1) is 11.5. The zero-order valence-corrected chi connectivity index (χ0v) is 15.2. The summed E-state index contributed by atoms with van der Waals surface area (Å²) in [6.45, 7) is 8.90. The molecule has 0 saturated heterocycles. The Hall–Kier alpha value is -1.90. The molecular weight excluding hydrogens is 294 g/mol. The minimum atomic E-state index is 0.534. The molecule has 3 nitrogen and oxygen atoms in total. The summed E-state index contributed by atoms with van der Waals surface area (Å²) in [5, 5.41) is 8.02. The van der Waals surface area contributed by atoms with Gasteiger partial charge in [-0.3, -0.25) is 10.1 Å². The number of hydrogen-bond donors (Lipinski definition) is 1. The van der Waals surface area contributed by atoms with Crippen LogP contribution in [0, 0.1) is 25.2 Å². The maximum atomic E-state index is 5.03. The molecule has 2 aromatic rings. The molecular formula is C21H27N3. The van der Waals surface area contributed by atoms with Gasteiger partial charge in [-0.1, -0.05) is 38.0 Å². The second kappa shape index (κ2) is 5.58. The normalized spacial score (nSPS) is 25.3. The van der Waals surface area contributed by atoms with Crippen molar-refractivity contribution in [1.82, 2.24) is 10.2 Å². The van der Waals surface area contributed by atoms with E-state index in [0.717, 1.165) is 42.3 Å². The Morgan fingerprint density at radius 3 is 2.96 bits per heavy atom. The van der Waals surface area contributed by atoms with Crippen LogP contribution in [0.15, 0.2) is 23.2 Å². The quantitative estimate of drug-likeness (QED) is 0.785. The number of aromatic amines is 1. The molecule has 1 aromatic heterocycles. The van der Waals surface area contributed by atoms with Crippen LogP contribution in [0.2, 0.25) is 0 Å². The van der Waals surface area contributed by atoms with Gasteiger partial charge < -0.3 is 0 Å². The summed E-state index contributed by atoms with van der Waals surface area (Å²) < 4.78 is 0. The molecule has 0 unspecified atom stereocenters. The van der Waals surface area contributed by atoms with Crippen LogP contribution in [0.5, 0.6) is 0 Å². The monoisotopic (exact) mass is 321 g/mol. The molecule has 1 heterocycles. The van der Waals surface area contributed by atoms with Crippen LogP contribution in [-0.4, -0.2) is 15.9 Å². The van der Waals surface area contributed by atoms with E-state index in [1.807, 2.05) is 0 Å². The second-order valence-electron chi connectivity index (χ2n) is 8.06. The molecule has 0 bridgehead atoms. The summed E-state index contributed by atoms with van der Waals surface area (Å²) in [7, 11) is 0. The summed E-state index contributed by atoms with van der Waals surface area (Å²) >= 11 is 0. The smallest absolute Gasteiger partial charge is 0.110 e. The average Bonchev–Trinajstić information content (AvgIpc) is 3.03. The van der Waals surface area contributed by atoms with E-state index in [1.54, 1.807) is 0 Å². The lowest BCUT2D eigenvalue weighted by Gasteiger charge is -2.18. The number of rotatable bonds is 4. The van der Waals surface area contributed by atoms with Gasteiger partial charge in [0.15, 0.2) is 0 Å². The molecule has 126 valence electrons. The SMILES string of the molecule is CCC/C(=N\c1ccc(C)cc1C)c1n[nH]c2c1C[C@@H]1C[C@]1(C)C2. The molecule has 1 saturated carbocycles. The van der Waals surface area contributed by atoms with Gasteiger partial charge in [0, 0.05) is 11.3 Å². The first-order valence-corrected chi connectivity index (χ1v) is 9.21. The fourth-order valence-electron chi connectivity index (χ4n) is 4.24. The lowest BCUT2D eigenvalue weighted by Crippen LogP contribution is -2.15. The lowest BCUT2D eigenvalue weighted by atomic mass is 9.87. The highest BCUT2D eigenvalue weighted by Gasteiger charge is 2.53. The average molecular weight is 321 g/mol. The number of aromatic nitrogens is 2. The predicted molar refractivity (Wildman–Crippen MR) is 99.2 cm³/mol. The van der Waals surface area contributed by atoms with Crippen LogP contribution in [-0.2, 0) is 12.8 Å². The number of nitrogens with one attached hydrogen (secondary N) is 1. The summed E-state index contributed by atoms with van der Waals surface area (Å²) in [5.41, 5.74) is 9.20. The first-order valence-electron chi connectivity index (χ1n) is 9.21. The Balaban J connectivity index is 1.73. The molecule has 0 radical (unpaired) electrons. The number of aryl methyl sites for hydroxylation is 2. The number of H-pyrrole nitrogens is 1. The molecule has 2 aliphatic rings. The molecule has 0 spiro atoms. The van der Waals surface area contributed by atoms with Gasteiger partial charge in [0.1, 0.15) is 5.69 Å². The van der Waals surface area contributed by atoms with Gasteiger partial charge >= 0.3 is 0 Å². The van der Waals surface area contributed by atoms with Crippen molar-refractivity contribution in [2.45, 2.75) is 59.8 Å². The predicted octanol–water partition coefficient (Wildman–Crippen LogP) is 5.07. The Kier molecular flexibility index (Phi) is 3.63. The van der Waals surface area contributed by atoms with Gasteiger partial charge in [-0.15, -0.1) is 0 Å². The van der Waals surface area contributed by atoms with Gasteiger partial charge in [0.25, 0.3) is 0 Å². The number of nitrogens with zero attached hydrogens (tertiary/aromatic N) is 2. The molecule has 4 rings (SSSR count). The van der Waals surface area contributed by atoms with Crippen molar-refractivity contribution in [3.8, 4) is 0 Å². The van der Waals surface area contributed by atoms with E-state index in [-0.39, 0.29) is 0 Å². The summed E-state index contributed by atoms with van der Waals surface area (Å²) in [4.78, 5) is 5.03. The van der Waals surface area contributed by atoms with E-state index in [2.05, 4.69) is 51.0 Å². The van der Waals surface area contributed by atoms with Gasteiger partial charge in [0.05, 0.1) is 11.4 Å². The summed E-state index contributed by atoms with van der Waals surface area (Å²) in [5.74, 6) is 0.852. The molecule has 3 heteroatoms. The fraction of sp³-hybridized carbons (Fsp3) is 0.524. The van der Waals surface area contributed by atoms with Crippen molar-refractivity contribution in [3.63, 3.8) is 0 Å². The van der Waals surface area contributed by atoms with Crippen LogP contribution >= 0.6 is 0 Å². The fourth-order valence-corrected chi connectivity index (χ4v) is 4.24.